The van der Waals surface area contributed by atoms with Gasteiger partial charge in [0.15, 0.2) is 11.5 Å². The van der Waals surface area contributed by atoms with Gasteiger partial charge in [0, 0.05) is 52.0 Å². The lowest BCUT2D eigenvalue weighted by atomic mass is 10.1. The molecule has 2 aromatic rings. The monoisotopic (exact) mass is 439 g/mol. The summed E-state index contributed by atoms with van der Waals surface area (Å²) in [6.45, 7) is 6.96. The maximum atomic E-state index is 12.3. The highest BCUT2D eigenvalue weighted by Crippen LogP contribution is 2.32. The van der Waals surface area contributed by atoms with E-state index < -0.39 is 0 Å². The third-order valence-electron chi connectivity index (χ3n) is 6.21. The van der Waals surface area contributed by atoms with Crippen molar-refractivity contribution in [1.29, 1.82) is 0 Å². The molecule has 0 unspecified atom stereocenters. The molecule has 0 saturated carbocycles. The molecule has 2 saturated heterocycles. The van der Waals surface area contributed by atoms with E-state index in [1.54, 1.807) is 18.2 Å². The second-order valence-corrected chi connectivity index (χ2v) is 8.30. The van der Waals surface area contributed by atoms with Gasteiger partial charge in [0.25, 0.3) is 0 Å². The molecule has 4 heterocycles. The van der Waals surface area contributed by atoms with Crippen molar-refractivity contribution < 1.29 is 19.0 Å². The number of rotatable bonds is 6. The molecule has 3 aliphatic heterocycles. The number of hydrogen-bond acceptors (Lipinski definition) is 9. The minimum Gasteiger partial charge on any atom is -0.461 e. The Morgan fingerprint density at radius 2 is 1.75 bits per heavy atom. The second-order valence-electron chi connectivity index (χ2n) is 8.30. The molecule has 0 aliphatic carbocycles. The van der Waals surface area contributed by atoms with E-state index in [0.717, 1.165) is 51.0 Å². The van der Waals surface area contributed by atoms with Crippen molar-refractivity contribution in [2.45, 2.75) is 19.3 Å². The Balaban J connectivity index is 1.07. The highest BCUT2D eigenvalue weighted by Gasteiger charge is 2.21. The van der Waals surface area contributed by atoms with E-state index in [1.165, 1.54) is 19.3 Å². The lowest BCUT2D eigenvalue weighted by molar-refractivity contribution is 0.0458. The Morgan fingerprint density at radius 3 is 2.59 bits per heavy atom. The maximum absolute atomic E-state index is 12.3. The number of hydrogen-bond donors (Lipinski definition) is 0. The van der Waals surface area contributed by atoms with Crippen LogP contribution in [0.2, 0.25) is 0 Å². The summed E-state index contributed by atoms with van der Waals surface area (Å²) in [5.74, 6) is 2.75. The first-order valence-corrected chi connectivity index (χ1v) is 11.4. The van der Waals surface area contributed by atoms with Gasteiger partial charge in [-0.1, -0.05) is 0 Å². The van der Waals surface area contributed by atoms with E-state index in [0.29, 0.717) is 30.2 Å². The SMILES string of the molecule is O=C(OCCN1CCN(c2ccnc(N3CCCCC3)n2)CC1)c1ccc2c(c1)OCO2. The van der Waals surface area contributed by atoms with Gasteiger partial charge in [-0.15, -0.1) is 0 Å². The summed E-state index contributed by atoms with van der Waals surface area (Å²) in [6.07, 6.45) is 5.59. The number of piperidine rings is 1. The Bertz CT molecular complexity index is 942. The molecular formula is C23H29N5O4. The van der Waals surface area contributed by atoms with Crippen LogP contribution in [0.3, 0.4) is 0 Å². The maximum Gasteiger partial charge on any atom is 0.338 e. The van der Waals surface area contributed by atoms with Crippen LogP contribution in [0.15, 0.2) is 30.5 Å². The topological polar surface area (TPSA) is 80.3 Å². The van der Waals surface area contributed by atoms with Crippen molar-refractivity contribution in [3.63, 3.8) is 0 Å². The molecule has 1 aromatic heterocycles. The highest BCUT2D eigenvalue weighted by atomic mass is 16.7. The van der Waals surface area contributed by atoms with Crippen molar-refractivity contribution in [2.75, 3.05) is 69.0 Å². The molecule has 3 aliphatic rings. The lowest BCUT2D eigenvalue weighted by Crippen LogP contribution is -2.47. The van der Waals surface area contributed by atoms with Crippen LogP contribution in [0.25, 0.3) is 0 Å². The number of fused-ring (bicyclic) bond motifs is 1. The fraction of sp³-hybridized carbons (Fsp3) is 0.522. The molecule has 0 N–H and O–H groups in total. The summed E-state index contributed by atoms with van der Waals surface area (Å²) in [6, 6.07) is 7.11. The van der Waals surface area contributed by atoms with Gasteiger partial charge in [0.05, 0.1) is 5.56 Å². The minimum absolute atomic E-state index is 0.189. The molecule has 5 rings (SSSR count). The first kappa shape index (κ1) is 20.8. The summed E-state index contributed by atoms with van der Waals surface area (Å²) in [5, 5.41) is 0. The van der Waals surface area contributed by atoms with E-state index in [9.17, 15) is 4.79 Å². The standard InChI is InChI=1S/C23H29N5O4/c29-22(18-4-5-19-20(16-18)32-17-31-19)30-15-14-26-10-12-27(13-11-26)21-6-7-24-23(25-21)28-8-2-1-3-9-28/h4-7,16H,1-3,8-15,17H2. The molecular weight excluding hydrogens is 410 g/mol. The molecule has 170 valence electrons. The third-order valence-corrected chi connectivity index (χ3v) is 6.21. The predicted molar refractivity (Wildman–Crippen MR) is 120 cm³/mol. The van der Waals surface area contributed by atoms with Crippen LogP contribution in [0.5, 0.6) is 11.5 Å². The average Bonchev–Trinajstić information content (AvgIpc) is 3.33. The van der Waals surface area contributed by atoms with E-state index in [4.69, 9.17) is 19.2 Å². The van der Waals surface area contributed by atoms with Crippen molar-refractivity contribution in [3.05, 3.63) is 36.0 Å². The zero-order valence-electron chi connectivity index (χ0n) is 18.2. The Hall–Kier alpha value is -3.07. The number of benzene rings is 1. The van der Waals surface area contributed by atoms with E-state index in [2.05, 4.69) is 19.7 Å². The molecule has 0 bridgehead atoms. The van der Waals surface area contributed by atoms with Crippen LogP contribution >= 0.6 is 0 Å². The Labute approximate surface area is 187 Å². The van der Waals surface area contributed by atoms with Crippen molar-refractivity contribution >= 4 is 17.7 Å². The molecule has 0 radical (unpaired) electrons. The van der Waals surface area contributed by atoms with Gasteiger partial charge in [-0.05, 0) is 43.5 Å². The van der Waals surface area contributed by atoms with Crippen LogP contribution in [-0.2, 0) is 4.74 Å². The third kappa shape index (κ3) is 4.72. The van der Waals surface area contributed by atoms with E-state index >= 15 is 0 Å². The van der Waals surface area contributed by atoms with Gasteiger partial charge in [0.1, 0.15) is 12.4 Å². The molecule has 32 heavy (non-hydrogen) atoms. The van der Waals surface area contributed by atoms with Crippen LogP contribution < -0.4 is 19.3 Å². The van der Waals surface area contributed by atoms with Gasteiger partial charge in [-0.2, -0.15) is 4.98 Å². The van der Waals surface area contributed by atoms with Gasteiger partial charge in [-0.25, -0.2) is 9.78 Å². The first-order valence-electron chi connectivity index (χ1n) is 11.4. The fourth-order valence-electron chi connectivity index (χ4n) is 4.34. The van der Waals surface area contributed by atoms with Crippen LogP contribution in [-0.4, -0.2) is 80.1 Å². The molecule has 2 fully saturated rings. The summed E-state index contributed by atoms with van der Waals surface area (Å²) in [4.78, 5) is 28.5. The highest BCUT2D eigenvalue weighted by molar-refractivity contribution is 5.90. The zero-order chi connectivity index (χ0) is 21.8. The molecule has 0 spiro atoms. The van der Waals surface area contributed by atoms with Crippen LogP contribution in [0.1, 0.15) is 29.6 Å². The Kier molecular flexibility index (Phi) is 6.24. The summed E-state index contributed by atoms with van der Waals surface area (Å²) >= 11 is 0. The van der Waals surface area contributed by atoms with Gasteiger partial charge >= 0.3 is 5.97 Å². The van der Waals surface area contributed by atoms with Gasteiger partial charge in [-0.3, -0.25) is 4.90 Å². The minimum atomic E-state index is -0.340. The summed E-state index contributed by atoms with van der Waals surface area (Å²) in [7, 11) is 0. The number of anilines is 2. The van der Waals surface area contributed by atoms with Crippen molar-refractivity contribution in [2.24, 2.45) is 0 Å². The number of esters is 1. The fourth-order valence-corrected chi connectivity index (χ4v) is 4.34. The van der Waals surface area contributed by atoms with Gasteiger partial charge in [0.2, 0.25) is 12.7 Å². The first-order chi connectivity index (χ1) is 15.8. The molecule has 1 aromatic carbocycles. The molecule has 0 amide bonds. The van der Waals surface area contributed by atoms with E-state index in [-0.39, 0.29) is 12.8 Å². The zero-order valence-corrected chi connectivity index (χ0v) is 18.2. The molecule has 9 nitrogen and oxygen atoms in total. The number of carbonyl (C=O) groups is 1. The lowest BCUT2D eigenvalue weighted by Gasteiger charge is -2.35. The van der Waals surface area contributed by atoms with Crippen LogP contribution in [0.4, 0.5) is 11.8 Å². The largest absolute Gasteiger partial charge is 0.461 e. The van der Waals surface area contributed by atoms with Crippen molar-refractivity contribution in [1.82, 2.24) is 14.9 Å². The van der Waals surface area contributed by atoms with Crippen LogP contribution in [0, 0.1) is 0 Å². The molecule has 0 atom stereocenters. The predicted octanol–water partition coefficient (Wildman–Crippen LogP) is 2.17. The number of nitrogens with zero attached hydrogens (tertiary/aromatic N) is 5. The van der Waals surface area contributed by atoms with Gasteiger partial charge < -0.3 is 24.0 Å². The quantitative estimate of drug-likeness (QED) is 0.629. The van der Waals surface area contributed by atoms with E-state index in [1.807, 2.05) is 12.3 Å². The Morgan fingerprint density at radius 1 is 0.938 bits per heavy atom. The number of ether oxygens (including phenoxy) is 3. The second kappa shape index (κ2) is 9.60. The average molecular weight is 440 g/mol. The number of carbonyl (C=O) groups excluding carboxylic acids is 1. The summed E-state index contributed by atoms with van der Waals surface area (Å²) in [5.41, 5.74) is 0.479. The summed E-state index contributed by atoms with van der Waals surface area (Å²) < 4.78 is 16.1. The molecule has 9 heteroatoms. The van der Waals surface area contributed by atoms with Crippen molar-refractivity contribution in [3.8, 4) is 11.5 Å². The normalized spacial score (nSPS) is 18.6. The number of piperazine rings is 1. The number of aromatic nitrogens is 2. The smallest absolute Gasteiger partial charge is 0.338 e.